The quantitative estimate of drug-likeness (QED) is 0.109. The Morgan fingerprint density at radius 1 is 0.576 bits per heavy atom. The number of esters is 2. The van der Waals surface area contributed by atoms with Crippen molar-refractivity contribution in [2.75, 3.05) is 13.2 Å². The Kier molecular flexibility index (Phi) is 24.7. The second kappa shape index (κ2) is 25.5. The second-order valence-electron chi connectivity index (χ2n) is 9.49. The molecule has 0 aliphatic rings. The van der Waals surface area contributed by atoms with Gasteiger partial charge in [-0.15, -0.1) is 0 Å². The normalized spacial score (nSPS) is 12.0. The van der Waals surface area contributed by atoms with Crippen LogP contribution >= 0.6 is 0 Å². The predicted octanol–water partition coefficient (Wildman–Crippen LogP) is 7.67. The van der Waals surface area contributed by atoms with Crippen LogP contribution in [0.3, 0.4) is 0 Å². The maximum atomic E-state index is 12.0. The lowest BCUT2D eigenvalue weighted by molar-refractivity contribution is -0.161. The molecule has 0 saturated heterocycles. The fourth-order valence-electron chi connectivity index (χ4n) is 3.96. The van der Waals surface area contributed by atoms with Crippen molar-refractivity contribution in [3.8, 4) is 0 Å². The van der Waals surface area contributed by atoms with Crippen LogP contribution in [0.25, 0.3) is 0 Å². The molecule has 0 saturated carbocycles. The first kappa shape index (κ1) is 31.9. The van der Waals surface area contributed by atoms with E-state index < -0.39 is 6.10 Å². The highest BCUT2D eigenvalue weighted by Crippen LogP contribution is 2.13. The van der Waals surface area contributed by atoms with Crippen LogP contribution in [0.4, 0.5) is 0 Å². The lowest BCUT2D eigenvalue weighted by Crippen LogP contribution is -2.28. The van der Waals surface area contributed by atoms with Crippen molar-refractivity contribution < 1.29 is 24.2 Å². The molecule has 0 aromatic heterocycles. The number of aliphatic hydroxyl groups is 1. The van der Waals surface area contributed by atoms with Crippen molar-refractivity contribution in [1.82, 2.24) is 0 Å². The molecule has 0 spiro atoms. The zero-order valence-electron chi connectivity index (χ0n) is 21.9. The van der Waals surface area contributed by atoms with E-state index in [2.05, 4.69) is 13.8 Å². The molecule has 0 aliphatic carbocycles. The van der Waals surface area contributed by atoms with Crippen LogP contribution in [0.15, 0.2) is 0 Å². The van der Waals surface area contributed by atoms with Gasteiger partial charge in [-0.2, -0.15) is 0 Å². The van der Waals surface area contributed by atoms with Gasteiger partial charge in [0.05, 0.1) is 6.61 Å². The first-order valence-electron chi connectivity index (χ1n) is 14.1. The number of carbonyl (C=O) groups excluding carboxylic acids is 2. The molecule has 196 valence electrons. The van der Waals surface area contributed by atoms with Gasteiger partial charge in [0, 0.05) is 12.8 Å². The molecule has 5 nitrogen and oxygen atoms in total. The summed E-state index contributed by atoms with van der Waals surface area (Å²) in [7, 11) is 0. The molecule has 33 heavy (non-hydrogen) atoms. The van der Waals surface area contributed by atoms with Crippen LogP contribution in [0, 0.1) is 0 Å². The zero-order valence-corrected chi connectivity index (χ0v) is 21.9. The Hall–Kier alpha value is -1.10. The summed E-state index contributed by atoms with van der Waals surface area (Å²) in [6, 6.07) is 0. The molecular formula is C28H54O5. The lowest BCUT2D eigenvalue weighted by Gasteiger charge is -2.15. The van der Waals surface area contributed by atoms with Crippen molar-refractivity contribution in [2.24, 2.45) is 0 Å². The van der Waals surface area contributed by atoms with Crippen molar-refractivity contribution in [2.45, 2.75) is 155 Å². The van der Waals surface area contributed by atoms with Gasteiger partial charge in [-0.25, -0.2) is 0 Å². The lowest BCUT2D eigenvalue weighted by atomic mass is 10.1. The summed E-state index contributed by atoms with van der Waals surface area (Å²) in [5, 5.41) is 9.41. The molecule has 0 rings (SSSR count). The number of carbonyl (C=O) groups is 2. The Morgan fingerprint density at radius 2 is 0.939 bits per heavy atom. The van der Waals surface area contributed by atoms with Crippen molar-refractivity contribution in [3.63, 3.8) is 0 Å². The molecule has 0 fully saturated rings. The van der Waals surface area contributed by atoms with Crippen LogP contribution in [0.5, 0.6) is 0 Å². The van der Waals surface area contributed by atoms with E-state index in [1.165, 1.54) is 83.5 Å². The van der Waals surface area contributed by atoms with Gasteiger partial charge in [-0.05, 0) is 12.8 Å². The summed E-state index contributed by atoms with van der Waals surface area (Å²) >= 11 is 0. The van der Waals surface area contributed by atoms with Crippen LogP contribution in [0.2, 0.25) is 0 Å². The first-order valence-corrected chi connectivity index (χ1v) is 14.1. The third kappa shape index (κ3) is 23.8. The highest BCUT2D eigenvalue weighted by Gasteiger charge is 2.16. The van der Waals surface area contributed by atoms with Gasteiger partial charge in [0.25, 0.3) is 0 Å². The van der Waals surface area contributed by atoms with E-state index in [0.717, 1.165) is 38.5 Å². The van der Waals surface area contributed by atoms with Crippen molar-refractivity contribution in [3.05, 3.63) is 0 Å². The monoisotopic (exact) mass is 470 g/mol. The smallest absolute Gasteiger partial charge is 0.306 e. The van der Waals surface area contributed by atoms with Gasteiger partial charge >= 0.3 is 11.9 Å². The molecule has 0 radical (unpaired) electrons. The number of rotatable bonds is 25. The fraction of sp³-hybridized carbons (Fsp3) is 0.929. The molecule has 0 aromatic rings. The Balaban J connectivity index is 3.60. The second-order valence-corrected chi connectivity index (χ2v) is 9.49. The molecule has 1 atom stereocenters. The van der Waals surface area contributed by atoms with Crippen molar-refractivity contribution >= 4 is 11.9 Å². The third-order valence-electron chi connectivity index (χ3n) is 6.15. The molecule has 0 heterocycles. The van der Waals surface area contributed by atoms with Crippen LogP contribution in [-0.4, -0.2) is 36.4 Å². The van der Waals surface area contributed by atoms with E-state index in [1.807, 2.05) is 0 Å². The average Bonchev–Trinajstić information content (AvgIpc) is 2.81. The summed E-state index contributed by atoms with van der Waals surface area (Å²) in [6.07, 6.45) is 22.9. The molecule has 5 heteroatoms. The average molecular weight is 471 g/mol. The van der Waals surface area contributed by atoms with E-state index in [1.54, 1.807) is 0 Å². The van der Waals surface area contributed by atoms with Crippen molar-refractivity contribution in [1.29, 1.82) is 0 Å². The standard InChI is InChI=1S/C28H54O5/c1-3-5-7-9-11-13-15-16-18-20-22-27(30)32-25-26(24-29)33-28(31)23-21-19-17-14-12-10-8-6-4-2/h26,29H,3-25H2,1-2H3/t26-/m0/s1. The predicted molar refractivity (Wildman–Crippen MR) is 136 cm³/mol. The summed E-state index contributed by atoms with van der Waals surface area (Å²) < 4.78 is 10.5. The van der Waals surface area contributed by atoms with Crippen LogP contribution in [0.1, 0.15) is 149 Å². The number of unbranched alkanes of at least 4 members (excludes halogenated alkanes) is 17. The summed E-state index contributed by atoms with van der Waals surface area (Å²) in [5.74, 6) is -0.592. The number of hydrogen-bond donors (Lipinski definition) is 1. The fourth-order valence-corrected chi connectivity index (χ4v) is 3.96. The molecule has 0 aromatic carbocycles. The first-order chi connectivity index (χ1) is 16.1. The zero-order chi connectivity index (χ0) is 24.4. The molecule has 0 aliphatic heterocycles. The highest BCUT2D eigenvalue weighted by molar-refractivity contribution is 5.70. The number of hydrogen-bond acceptors (Lipinski definition) is 5. The maximum absolute atomic E-state index is 12.0. The molecular weight excluding hydrogens is 416 g/mol. The van der Waals surface area contributed by atoms with Gasteiger partial charge in [-0.1, -0.05) is 123 Å². The minimum Gasteiger partial charge on any atom is -0.462 e. The summed E-state index contributed by atoms with van der Waals surface area (Å²) in [6.45, 7) is 4.08. The van der Waals surface area contributed by atoms with E-state index in [9.17, 15) is 14.7 Å². The topological polar surface area (TPSA) is 72.8 Å². The number of aliphatic hydroxyl groups excluding tert-OH is 1. The minimum absolute atomic E-state index is 0.0589. The van der Waals surface area contributed by atoms with Gasteiger partial charge in [-0.3, -0.25) is 9.59 Å². The van der Waals surface area contributed by atoms with Crippen LogP contribution < -0.4 is 0 Å². The van der Waals surface area contributed by atoms with Gasteiger partial charge in [0.15, 0.2) is 6.10 Å². The van der Waals surface area contributed by atoms with E-state index >= 15 is 0 Å². The summed E-state index contributed by atoms with van der Waals surface area (Å²) in [4.78, 5) is 23.9. The number of ether oxygens (including phenoxy) is 2. The summed E-state index contributed by atoms with van der Waals surface area (Å²) in [5.41, 5.74) is 0. The third-order valence-corrected chi connectivity index (χ3v) is 6.15. The minimum atomic E-state index is -0.757. The molecule has 0 amide bonds. The van der Waals surface area contributed by atoms with Gasteiger partial charge < -0.3 is 14.6 Å². The van der Waals surface area contributed by atoms with E-state index in [4.69, 9.17) is 9.47 Å². The Labute approximate surface area is 204 Å². The highest BCUT2D eigenvalue weighted by atomic mass is 16.6. The largest absolute Gasteiger partial charge is 0.462 e. The Morgan fingerprint density at radius 3 is 1.33 bits per heavy atom. The molecule has 0 unspecified atom stereocenters. The molecule has 1 N–H and O–H groups in total. The van der Waals surface area contributed by atoms with E-state index in [0.29, 0.717) is 12.8 Å². The van der Waals surface area contributed by atoms with Crippen LogP contribution in [-0.2, 0) is 19.1 Å². The maximum Gasteiger partial charge on any atom is 0.306 e. The van der Waals surface area contributed by atoms with Gasteiger partial charge in [0.2, 0.25) is 0 Å². The Bertz CT molecular complexity index is 438. The molecule has 0 bridgehead atoms. The van der Waals surface area contributed by atoms with Gasteiger partial charge in [0.1, 0.15) is 6.61 Å². The SMILES string of the molecule is CCCCCCCCCCCCC(=O)OC[C@H](CO)OC(=O)CCCCCCCCCCC. The van der Waals surface area contributed by atoms with E-state index in [-0.39, 0.29) is 25.2 Å².